The maximum absolute atomic E-state index is 12.5. The normalized spacial score (nSPS) is 10.5. The van der Waals surface area contributed by atoms with Crippen LogP contribution >= 0.6 is 0 Å². The van der Waals surface area contributed by atoms with Crippen molar-refractivity contribution in [2.45, 2.75) is 20.3 Å². The first-order valence-corrected chi connectivity index (χ1v) is 8.63. The van der Waals surface area contributed by atoms with Gasteiger partial charge in [0.1, 0.15) is 5.76 Å². The highest BCUT2D eigenvalue weighted by atomic mass is 16.4. The Morgan fingerprint density at radius 2 is 1.78 bits per heavy atom. The molecule has 0 spiro atoms. The molecule has 0 atom stereocenters. The van der Waals surface area contributed by atoms with Gasteiger partial charge in [0.2, 0.25) is 11.8 Å². The summed E-state index contributed by atoms with van der Waals surface area (Å²) >= 11 is 0. The molecule has 0 saturated heterocycles. The molecule has 1 aromatic heterocycles. The van der Waals surface area contributed by atoms with Crippen molar-refractivity contribution in [2.24, 2.45) is 0 Å². The van der Waals surface area contributed by atoms with Gasteiger partial charge in [0.15, 0.2) is 0 Å². The molecule has 0 radical (unpaired) electrons. The standard InChI is InChI=1S/C21H21N3O3/c1-13-8-7-11-16(19(13)20(26)22-3)23-18(25)12-17-14(2)27-21(24-17)15-9-5-4-6-10-15/h4-11H,12H2,1-3H3,(H,22,26)(H,23,25). The van der Waals surface area contributed by atoms with E-state index < -0.39 is 0 Å². The van der Waals surface area contributed by atoms with Crippen molar-refractivity contribution in [3.63, 3.8) is 0 Å². The van der Waals surface area contributed by atoms with Gasteiger partial charge in [0.25, 0.3) is 5.91 Å². The van der Waals surface area contributed by atoms with Crippen molar-refractivity contribution < 1.29 is 14.0 Å². The molecule has 1 heterocycles. The molecule has 0 aliphatic heterocycles. The van der Waals surface area contributed by atoms with Crippen LogP contribution in [0.4, 0.5) is 5.69 Å². The van der Waals surface area contributed by atoms with E-state index in [4.69, 9.17) is 4.42 Å². The first-order valence-electron chi connectivity index (χ1n) is 8.63. The van der Waals surface area contributed by atoms with E-state index in [9.17, 15) is 9.59 Å². The van der Waals surface area contributed by atoms with Crippen LogP contribution in [0.1, 0.15) is 27.4 Å². The Hall–Kier alpha value is -3.41. The van der Waals surface area contributed by atoms with Gasteiger partial charge in [-0.05, 0) is 37.6 Å². The van der Waals surface area contributed by atoms with Gasteiger partial charge >= 0.3 is 0 Å². The average Bonchev–Trinajstić information content (AvgIpc) is 3.02. The highest BCUT2D eigenvalue weighted by molar-refractivity contribution is 6.05. The lowest BCUT2D eigenvalue weighted by Crippen LogP contribution is -2.23. The summed E-state index contributed by atoms with van der Waals surface area (Å²) in [7, 11) is 1.56. The number of carbonyl (C=O) groups excluding carboxylic acids is 2. The minimum absolute atomic E-state index is 0.0588. The first-order chi connectivity index (χ1) is 13.0. The Kier molecular flexibility index (Phi) is 5.35. The van der Waals surface area contributed by atoms with Gasteiger partial charge in [-0.2, -0.15) is 0 Å². The van der Waals surface area contributed by atoms with Gasteiger partial charge in [0.05, 0.1) is 23.4 Å². The van der Waals surface area contributed by atoms with Crippen molar-refractivity contribution in [1.82, 2.24) is 10.3 Å². The highest BCUT2D eigenvalue weighted by Crippen LogP contribution is 2.23. The predicted molar refractivity (Wildman–Crippen MR) is 104 cm³/mol. The van der Waals surface area contributed by atoms with Crippen LogP contribution < -0.4 is 10.6 Å². The molecule has 2 aromatic carbocycles. The predicted octanol–water partition coefficient (Wildman–Crippen LogP) is 3.50. The molecule has 27 heavy (non-hydrogen) atoms. The zero-order valence-corrected chi connectivity index (χ0v) is 15.5. The van der Waals surface area contributed by atoms with Gasteiger partial charge in [-0.3, -0.25) is 9.59 Å². The molecule has 0 saturated carbocycles. The summed E-state index contributed by atoms with van der Waals surface area (Å²) in [6, 6.07) is 14.9. The third-order valence-electron chi connectivity index (χ3n) is 4.24. The van der Waals surface area contributed by atoms with Crippen molar-refractivity contribution in [1.29, 1.82) is 0 Å². The molecule has 2 N–H and O–H groups in total. The van der Waals surface area contributed by atoms with E-state index >= 15 is 0 Å². The molecule has 3 rings (SSSR count). The van der Waals surface area contributed by atoms with Crippen molar-refractivity contribution in [3.8, 4) is 11.5 Å². The van der Waals surface area contributed by atoms with Crippen molar-refractivity contribution in [2.75, 3.05) is 12.4 Å². The number of aryl methyl sites for hydroxylation is 2. The molecule has 0 aliphatic rings. The van der Waals surface area contributed by atoms with Crippen molar-refractivity contribution >= 4 is 17.5 Å². The van der Waals surface area contributed by atoms with Crippen molar-refractivity contribution in [3.05, 3.63) is 71.1 Å². The second-order valence-electron chi connectivity index (χ2n) is 6.19. The molecule has 0 fully saturated rings. The highest BCUT2D eigenvalue weighted by Gasteiger charge is 2.18. The lowest BCUT2D eigenvalue weighted by molar-refractivity contribution is -0.115. The van der Waals surface area contributed by atoms with Crippen LogP contribution in [0.5, 0.6) is 0 Å². The fourth-order valence-electron chi connectivity index (χ4n) is 2.84. The number of rotatable bonds is 5. The van der Waals surface area contributed by atoms with Gasteiger partial charge in [-0.15, -0.1) is 0 Å². The minimum Gasteiger partial charge on any atom is -0.441 e. The molecule has 6 heteroatoms. The summed E-state index contributed by atoms with van der Waals surface area (Å²) in [5.41, 5.74) is 3.14. The summed E-state index contributed by atoms with van der Waals surface area (Å²) in [5.74, 6) is 0.575. The summed E-state index contributed by atoms with van der Waals surface area (Å²) in [6.45, 7) is 3.61. The van der Waals surface area contributed by atoms with Crippen LogP contribution in [0.25, 0.3) is 11.5 Å². The fourth-order valence-corrected chi connectivity index (χ4v) is 2.84. The van der Waals surface area contributed by atoms with Gasteiger partial charge in [0, 0.05) is 12.6 Å². The van der Waals surface area contributed by atoms with Crippen LogP contribution in [0.15, 0.2) is 52.9 Å². The first kappa shape index (κ1) is 18.4. The number of carbonyl (C=O) groups is 2. The molecule has 2 amide bonds. The van der Waals surface area contributed by atoms with Crippen LogP contribution in [0.2, 0.25) is 0 Å². The molecule has 3 aromatic rings. The Morgan fingerprint density at radius 3 is 2.48 bits per heavy atom. The van der Waals surface area contributed by atoms with E-state index in [1.165, 1.54) is 0 Å². The molecule has 0 unspecified atom stereocenters. The smallest absolute Gasteiger partial charge is 0.253 e. The topological polar surface area (TPSA) is 84.2 Å². The largest absolute Gasteiger partial charge is 0.441 e. The SMILES string of the molecule is CNC(=O)c1c(C)cccc1NC(=O)Cc1nc(-c2ccccc2)oc1C. The van der Waals surface area contributed by atoms with E-state index in [-0.39, 0.29) is 18.2 Å². The fraction of sp³-hybridized carbons (Fsp3) is 0.190. The number of hydrogen-bond acceptors (Lipinski definition) is 4. The maximum Gasteiger partial charge on any atom is 0.253 e. The monoisotopic (exact) mass is 363 g/mol. The zero-order valence-electron chi connectivity index (χ0n) is 15.5. The minimum atomic E-state index is -0.262. The zero-order chi connectivity index (χ0) is 19.4. The number of oxazole rings is 1. The molecule has 6 nitrogen and oxygen atoms in total. The van der Waals surface area contributed by atoms with E-state index in [2.05, 4.69) is 15.6 Å². The van der Waals surface area contributed by atoms with E-state index in [0.29, 0.717) is 28.6 Å². The summed E-state index contributed by atoms with van der Waals surface area (Å²) in [5, 5.41) is 5.41. The Balaban J connectivity index is 1.79. The number of amides is 2. The molecule has 0 bridgehead atoms. The summed E-state index contributed by atoms with van der Waals surface area (Å²) < 4.78 is 5.70. The third kappa shape index (κ3) is 4.06. The van der Waals surface area contributed by atoms with Crippen LogP contribution in [0.3, 0.4) is 0 Å². The number of hydrogen-bond donors (Lipinski definition) is 2. The van der Waals surface area contributed by atoms with Gasteiger partial charge < -0.3 is 15.1 Å². The molecule has 0 aliphatic carbocycles. The van der Waals surface area contributed by atoms with Crippen LogP contribution in [-0.2, 0) is 11.2 Å². The number of benzene rings is 2. The summed E-state index contributed by atoms with van der Waals surface area (Å²) in [6.07, 6.45) is 0.0588. The lowest BCUT2D eigenvalue weighted by Gasteiger charge is -2.12. The average molecular weight is 363 g/mol. The van der Waals surface area contributed by atoms with E-state index in [1.807, 2.05) is 43.3 Å². The number of anilines is 1. The number of nitrogens with one attached hydrogen (secondary N) is 2. The lowest BCUT2D eigenvalue weighted by atomic mass is 10.1. The number of aromatic nitrogens is 1. The molecular weight excluding hydrogens is 342 g/mol. The Labute approximate surface area is 157 Å². The second-order valence-corrected chi connectivity index (χ2v) is 6.19. The van der Waals surface area contributed by atoms with E-state index in [1.54, 1.807) is 26.1 Å². The van der Waals surface area contributed by atoms with Crippen LogP contribution in [0, 0.1) is 13.8 Å². The molecular formula is C21H21N3O3. The van der Waals surface area contributed by atoms with Gasteiger partial charge in [-0.1, -0.05) is 30.3 Å². The Bertz CT molecular complexity index is 978. The van der Waals surface area contributed by atoms with Crippen LogP contribution in [-0.4, -0.2) is 23.8 Å². The maximum atomic E-state index is 12.5. The third-order valence-corrected chi connectivity index (χ3v) is 4.24. The van der Waals surface area contributed by atoms with E-state index in [0.717, 1.165) is 11.1 Å². The summed E-state index contributed by atoms with van der Waals surface area (Å²) in [4.78, 5) is 29.1. The molecule has 138 valence electrons. The quantitative estimate of drug-likeness (QED) is 0.727. The number of nitrogens with zero attached hydrogens (tertiary/aromatic N) is 1. The second kappa shape index (κ2) is 7.86. The van der Waals surface area contributed by atoms with Gasteiger partial charge in [-0.25, -0.2) is 4.98 Å². The Morgan fingerprint density at radius 1 is 1.04 bits per heavy atom.